The van der Waals surface area contributed by atoms with Crippen LogP contribution in [-0.2, 0) is 14.3 Å². The van der Waals surface area contributed by atoms with Gasteiger partial charge in [-0.25, -0.2) is 9.18 Å². The predicted molar refractivity (Wildman–Crippen MR) is 65.6 cm³/mol. The van der Waals surface area contributed by atoms with E-state index < -0.39 is 29.9 Å². The third-order valence-corrected chi connectivity index (χ3v) is 3.01. The SMILES string of the molecule is O=C(O)C1CCC(C(=O)Nc2ccc(Cl)cc2F)O1. The minimum Gasteiger partial charge on any atom is -0.479 e. The summed E-state index contributed by atoms with van der Waals surface area (Å²) in [6.07, 6.45) is -1.31. The van der Waals surface area contributed by atoms with Gasteiger partial charge in [0.15, 0.2) is 6.10 Å². The molecule has 1 amide bonds. The molecule has 2 N–H and O–H groups in total. The van der Waals surface area contributed by atoms with Crippen LogP contribution in [0.25, 0.3) is 0 Å². The summed E-state index contributed by atoms with van der Waals surface area (Å²) in [5.41, 5.74) is -0.0169. The Morgan fingerprint density at radius 1 is 1.37 bits per heavy atom. The number of nitrogens with one attached hydrogen (secondary N) is 1. The second-order valence-electron chi connectivity index (χ2n) is 4.14. The van der Waals surface area contributed by atoms with Crippen LogP contribution in [0.3, 0.4) is 0 Å². The number of carboxylic acids is 1. The summed E-state index contributed by atoms with van der Waals surface area (Å²) in [6, 6.07) is 3.85. The fourth-order valence-corrected chi connectivity index (χ4v) is 1.97. The highest BCUT2D eigenvalue weighted by molar-refractivity contribution is 6.30. The first-order valence-electron chi connectivity index (χ1n) is 5.61. The quantitative estimate of drug-likeness (QED) is 0.892. The number of halogens is 2. The molecule has 5 nitrogen and oxygen atoms in total. The molecule has 0 aliphatic carbocycles. The van der Waals surface area contributed by atoms with E-state index in [2.05, 4.69) is 5.32 Å². The average Bonchev–Trinajstić information content (AvgIpc) is 2.82. The van der Waals surface area contributed by atoms with E-state index in [-0.39, 0.29) is 23.6 Å². The monoisotopic (exact) mass is 287 g/mol. The van der Waals surface area contributed by atoms with Gasteiger partial charge >= 0.3 is 5.97 Å². The molecule has 1 saturated heterocycles. The van der Waals surface area contributed by atoms with Crippen LogP contribution in [-0.4, -0.2) is 29.2 Å². The number of carbonyl (C=O) groups excluding carboxylic acids is 1. The number of rotatable bonds is 3. The molecule has 1 fully saturated rings. The molecule has 0 aromatic heterocycles. The molecule has 1 aromatic carbocycles. The number of amides is 1. The smallest absolute Gasteiger partial charge is 0.332 e. The molecular formula is C12H11ClFNO4. The Morgan fingerprint density at radius 3 is 2.63 bits per heavy atom. The topological polar surface area (TPSA) is 75.6 Å². The molecule has 2 atom stereocenters. The molecule has 0 bridgehead atoms. The van der Waals surface area contributed by atoms with Crippen LogP contribution in [0.2, 0.25) is 5.02 Å². The van der Waals surface area contributed by atoms with Crippen LogP contribution in [0.15, 0.2) is 18.2 Å². The highest BCUT2D eigenvalue weighted by Gasteiger charge is 2.34. The Hall–Kier alpha value is -1.66. The van der Waals surface area contributed by atoms with Crippen LogP contribution in [0.4, 0.5) is 10.1 Å². The molecule has 1 aromatic rings. The van der Waals surface area contributed by atoms with Gasteiger partial charge in [0.05, 0.1) is 5.69 Å². The number of carbonyl (C=O) groups is 2. The second kappa shape index (κ2) is 5.54. The molecule has 1 aliphatic rings. The van der Waals surface area contributed by atoms with Crippen LogP contribution < -0.4 is 5.32 Å². The van der Waals surface area contributed by atoms with E-state index >= 15 is 0 Å². The third-order valence-electron chi connectivity index (χ3n) is 2.78. The van der Waals surface area contributed by atoms with Crippen molar-refractivity contribution in [3.63, 3.8) is 0 Å². The van der Waals surface area contributed by atoms with Gasteiger partial charge in [0, 0.05) is 5.02 Å². The number of benzene rings is 1. The van der Waals surface area contributed by atoms with E-state index in [1.165, 1.54) is 12.1 Å². The van der Waals surface area contributed by atoms with Crippen molar-refractivity contribution in [1.82, 2.24) is 0 Å². The maximum atomic E-state index is 13.5. The lowest BCUT2D eigenvalue weighted by Crippen LogP contribution is -2.30. The minimum absolute atomic E-state index is 0.0169. The van der Waals surface area contributed by atoms with Crippen molar-refractivity contribution in [2.75, 3.05) is 5.32 Å². The molecule has 0 spiro atoms. The number of aliphatic carboxylic acids is 1. The van der Waals surface area contributed by atoms with Gasteiger partial charge in [0.1, 0.15) is 11.9 Å². The molecule has 102 valence electrons. The van der Waals surface area contributed by atoms with Gasteiger partial charge in [-0.1, -0.05) is 11.6 Å². The summed E-state index contributed by atoms with van der Waals surface area (Å²) < 4.78 is 18.5. The predicted octanol–water partition coefficient (Wildman–Crippen LogP) is 2.05. The lowest BCUT2D eigenvalue weighted by Gasteiger charge is -2.12. The zero-order chi connectivity index (χ0) is 14.0. The Bertz CT molecular complexity index is 522. The summed E-state index contributed by atoms with van der Waals surface area (Å²) in [4.78, 5) is 22.5. The summed E-state index contributed by atoms with van der Waals surface area (Å²) in [5.74, 6) is -2.33. The van der Waals surface area contributed by atoms with E-state index in [4.69, 9.17) is 21.4 Å². The van der Waals surface area contributed by atoms with E-state index in [1.54, 1.807) is 0 Å². The van der Waals surface area contributed by atoms with Gasteiger partial charge in [-0.05, 0) is 31.0 Å². The van der Waals surface area contributed by atoms with Gasteiger partial charge in [0.25, 0.3) is 5.91 Å². The molecule has 2 unspecified atom stereocenters. The molecule has 7 heteroatoms. The molecule has 2 rings (SSSR count). The first-order valence-corrected chi connectivity index (χ1v) is 5.99. The van der Waals surface area contributed by atoms with E-state index in [9.17, 15) is 14.0 Å². The maximum absolute atomic E-state index is 13.5. The van der Waals surface area contributed by atoms with Crippen molar-refractivity contribution in [2.45, 2.75) is 25.0 Å². The van der Waals surface area contributed by atoms with Crippen LogP contribution in [0, 0.1) is 5.82 Å². The third kappa shape index (κ3) is 3.21. The summed E-state index contributed by atoms with van der Waals surface area (Å²) in [7, 11) is 0. The van der Waals surface area contributed by atoms with Crippen LogP contribution in [0.5, 0.6) is 0 Å². The Balaban J connectivity index is 2.00. The molecule has 0 saturated carbocycles. The van der Waals surface area contributed by atoms with Gasteiger partial charge in [-0.2, -0.15) is 0 Å². The van der Waals surface area contributed by atoms with Gasteiger partial charge < -0.3 is 15.2 Å². The summed E-state index contributed by atoms with van der Waals surface area (Å²) >= 11 is 5.59. The molecule has 0 radical (unpaired) electrons. The van der Waals surface area contributed by atoms with E-state index in [0.29, 0.717) is 0 Å². The van der Waals surface area contributed by atoms with Gasteiger partial charge in [-0.3, -0.25) is 4.79 Å². The van der Waals surface area contributed by atoms with E-state index in [1.807, 2.05) is 0 Å². The van der Waals surface area contributed by atoms with Crippen LogP contribution in [0.1, 0.15) is 12.8 Å². The number of hydrogen-bond acceptors (Lipinski definition) is 3. The molecule has 19 heavy (non-hydrogen) atoms. The highest BCUT2D eigenvalue weighted by atomic mass is 35.5. The lowest BCUT2D eigenvalue weighted by molar-refractivity contribution is -0.150. The van der Waals surface area contributed by atoms with E-state index in [0.717, 1.165) is 6.07 Å². The van der Waals surface area contributed by atoms with Gasteiger partial charge in [-0.15, -0.1) is 0 Å². The Morgan fingerprint density at radius 2 is 2.05 bits per heavy atom. The fraction of sp³-hybridized carbons (Fsp3) is 0.333. The van der Waals surface area contributed by atoms with Gasteiger partial charge in [0.2, 0.25) is 0 Å². The van der Waals surface area contributed by atoms with Crippen LogP contribution >= 0.6 is 11.6 Å². The van der Waals surface area contributed by atoms with Crippen molar-refractivity contribution >= 4 is 29.2 Å². The van der Waals surface area contributed by atoms with Crippen molar-refractivity contribution in [2.24, 2.45) is 0 Å². The summed E-state index contributed by atoms with van der Waals surface area (Å²) in [6.45, 7) is 0. The fourth-order valence-electron chi connectivity index (χ4n) is 1.82. The highest BCUT2D eigenvalue weighted by Crippen LogP contribution is 2.23. The largest absolute Gasteiger partial charge is 0.479 e. The zero-order valence-corrected chi connectivity index (χ0v) is 10.5. The number of carboxylic acid groups (broad SMARTS) is 1. The normalized spacial score (nSPS) is 22.2. The standard InChI is InChI=1S/C12H11ClFNO4/c13-6-1-2-8(7(14)5-6)15-11(16)9-3-4-10(19-9)12(17)18/h1-2,5,9-10H,3-4H2,(H,15,16)(H,17,18). The first kappa shape index (κ1) is 13.8. The number of ether oxygens (including phenoxy) is 1. The minimum atomic E-state index is -1.10. The lowest BCUT2D eigenvalue weighted by atomic mass is 10.2. The second-order valence-corrected chi connectivity index (χ2v) is 4.58. The molecular weight excluding hydrogens is 277 g/mol. The molecule has 1 heterocycles. The molecule has 1 aliphatic heterocycles. The van der Waals surface area contributed by atoms with Crippen molar-refractivity contribution in [1.29, 1.82) is 0 Å². The van der Waals surface area contributed by atoms with Crippen molar-refractivity contribution in [3.8, 4) is 0 Å². The number of hydrogen-bond donors (Lipinski definition) is 2. The van der Waals surface area contributed by atoms with Crippen molar-refractivity contribution < 1.29 is 23.8 Å². The summed E-state index contributed by atoms with van der Waals surface area (Å²) in [5, 5.41) is 11.3. The Labute approximate surface area is 113 Å². The number of anilines is 1. The zero-order valence-electron chi connectivity index (χ0n) is 9.73. The average molecular weight is 288 g/mol. The van der Waals surface area contributed by atoms with Crippen molar-refractivity contribution in [3.05, 3.63) is 29.0 Å². The first-order chi connectivity index (χ1) is 8.97. The Kier molecular flexibility index (Phi) is 4.01. The maximum Gasteiger partial charge on any atom is 0.332 e.